The number of carbonyl (C=O) groups is 1. The molecule has 5 nitrogen and oxygen atoms in total. The van der Waals surface area contributed by atoms with Crippen molar-refractivity contribution in [3.63, 3.8) is 0 Å². The number of hydrogen-bond acceptors (Lipinski definition) is 4. The lowest BCUT2D eigenvalue weighted by Gasteiger charge is -2.23. The Kier molecular flexibility index (Phi) is 3.57. The molecule has 5 heteroatoms. The lowest BCUT2D eigenvalue weighted by Crippen LogP contribution is -2.31. The highest BCUT2D eigenvalue weighted by molar-refractivity contribution is 5.77. The molecule has 0 spiro atoms. The van der Waals surface area contributed by atoms with Crippen molar-refractivity contribution in [3.8, 4) is 17.1 Å². The number of fused-ring (bicyclic) bond motifs is 1. The van der Waals surface area contributed by atoms with E-state index in [4.69, 9.17) is 9.15 Å². The summed E-state index contributed by atoms with van der Waals surface area (Å²) in [5.41, 5.74) is 2.00. The molecular weight excluding hydrogens is 318 g/mol. The molecule has 0 aliphatic carbocycles. The maximum Gasteiger partial charge on any atom is 0.312 e. The van der Waals surface area contributed by atoms with Crippen molar-refractivity contribution in [2.24, 2.45) is 7.05 Å². The van der Waals surface area contributed by atoms with E-state index < -0.39 is 5.92 Å². The van der Waals surface area contributed by atoms with Gasteiger partial charge in [0.05, 0.1) is 17.9 Å². The first-order valence-electron chi connectivity index (χ1n) is 8.11. The van der Waals surface area contributed by atoms with Crippen LogP contribution < -0.4 is 10.3 Å². The van der Waals surface area contributed by atoms with Crippen molar-refractivity contribution < 1.29 is 13.9 Å². The van der Waals surface area contributed by atoms with E-state index in [-0.39, 0.29) is 17.9 Å². The molecule has 0 fully saturated rings. The summed E-state index contributed by atoms with van der Waals surface area (Å²) in [7, 11) is 1.71. The minimum absolute atomic E-state index is 0.0903. The zero-order valence-electron chi connectivity index (χ0n) is 14.0. The summed E-state index contributed by atoms with van der Waals surface area (Å²) in [6.07, 6.45) is 0.0903. The summed E-state index contributed by atoms with van der Waals surface area (Å²) >= 11 is 0. The largest absolute Gasteiger partial charge is 0.460 e. The van der Waals surface area contributed by atoms with Crippen molar-refractivity contribution in [1.82, 2.24) is 4.57 Å². The number of ether oxygens (including phenoxy) is 1. The fraction of sp³-hybridized carbons (Fsp3) is 0.200. The fourth-order valence-corrected chi connectivity index (χ4v) is 3.19. The van der Waals surface area contributed by atoms with E-state index >= 15 is 0 Å². The number of benzene rings is 1. The standard InChI is InChI=1S/C20H17NO4/c1-12-10-17-19(20(23)21(12)2)14(11-18(22)25-17)16-9-8-15(24-16)13-6-4-3-5-7-13/h3-10,14H,11H2,1-2H3. The van der Waals surface area contributed by atoms with Crippen LogP contribution in [0.15, 0.2) is 57.7 Å². The first kappa shape index (κ1) is 15.4. The highest BCUT2D eigenvalue weighted by Gasteiger charge is 2.34. The van der Waals surface area contributed by atoms with Crippen LogP contribution in [-0.2, 0) is 11.8 Å². The average molecular weight is 335 g/mol. The molecule has 1 aliphatic heterocycles. The third kappa shape index (κ3) is 2.58. The Morgan fingerprint density at radius 3 is 2.60 bits per heavy atom. The van der Waals surface area contributed by atoms with Gasteiger partial charge in [0.1, 0.15) is 17.3 Å². The number of aromatic nitrogens is 1. The number of rotatable bonds is 2. The Hall–Kier alpha value is -3.08. The normalized spacial score (nSPS) is 16.4. The van der Waals surface area contributed by atoms with Crippen LogP contribution in [-0.4, -0.2) is 10.5 Å². The number of nitrogens with zero attached hydrogens (tertiary/aromatic N) is 1. The average Bonchev–Trinajstić information content (AvgIpc) is 3.10. The van der Waals surface area contributed by atoms with Gasteiger partial charge in [0.25, 0.3) is 5.56 Å². The Morgan fingerprint density at radius 2 is 1.84 bits per heavy atom. The second kappa shape index (κ2) is 5.77. The fourth-order valence-electron chi connectivity index (χ4n) is 3.19. The molecule has 0 amide bonds. The molecule has 2 aromatic heterocycles. The Labute approximate surface area is 144 Å². The Bertz CT molecular complexity index is 1010. The minimum atomic E-state index is -0.437. The van der Waals surface area contributed by atoms with Gasteiger partial charge in [-0.2, -0.15) is 0 Å². The second-order valence-corrected chi connectivity index (χ2v) is 6.23. The maximum atomic E-state index is 12.7. The highest BCUT2D eigenvalue weighted by Crippen LogP contribution is 2.38. The lowest BCUT2D eigenvalue weighted by atomic mass is 9.91. The molecule has 0 N–H and O–H groups in total. The van der Waals surface area contributed by atoms with E-state index in [2.05, 4.69) is 0 Å². The summed E-state index contributed by atoms with van der Waals surface area (Å²) in [6.45, 7) is 1.81. The lowest BCUT2D eigenvalue weighted by molar-refractivity contribution is -0.135. The molecule has 126 valence electrons. The van der Waals surface area contributed by atoms with Gasteiger partial charge in [0, 0.05) is 24.4 Å². The van der Waals surface area contributed by atoms with Gasteiger partial charge in [-0.15, -0.1) is 0 Å². The van der Waals surface area contributed by atoms with Crippen molar-refractivity contribution in [3.05, 3.63) is 75.9 Å². The zero-order valence-corrected chi connectivity index (χ0v) is 14.0. The molecule has 0 saturated heterocycles. The van der Waals surface area contributed by atoms with Gasteiger partial charge in [0.15, 0.2) is 0 Å². The van der Waals surface area contributed by atoms with Crippen LogP contribution in [0.2, 0.25) is 0 Å². The molecule has 0 bridgehead atoms. The van der Waals surface area contributed by atoms with Gasteiger partial charge in [-0.1, -0.05) is 30.3 Å². The number of esters is 1. The number of furan rings is 1. The molecule has 1 aliphatic rings. The number of hydrogen-bond donors (Lipinski definition) is 0. The first-order valence-corrected chi connectivity index (χ1v) is 8.11. The van der Waals surface area contributed by atoms with E-state index in [9.17, 15) is 9.59 Å². The quantitative estimate of drug-likeness (QED) is 0.674. The Morgan fingerprint density at radius 1 is 1.08 bits per heavy atom. The van der Waals surface area contributed by atoms with E-state index in [0.29, 0.717) is 22.8 Å². The van der Waals surface area contributed by atoms with Gasteiger partial charge in [-0.25, -0.2) is 0 Å². The third-order valence-corrected chi connectivity index (χ3v) is 4.64. The predicted molar refractivity (Wildman–Crippen MR) is 92.7 cm³/mol. The van der Waals surface area contributed by atoms with Crippen LogP contribution in [0, 0.1) is 6.92 Å². The zero-order chi connectivity index (χ0) is 17.6. The van der Waals surface area contributed by atoms with Gasteiger partial charge in [-0.05, 0) is 19.1 Å². The molecule has 1 aromatic carbocycles. The third-order valence-electron chi connectivity index (χ3n) is 4.64. The van der Waals surface area contributed by atoms with Crippen molar-refractivity contribution in [2.45, 2.75) is 19.3 Å². The van der Waals surface area contributed by atoms with E-state index in [0.717, 1.165) is 11.3 Å². The van der Waals surface area contributed by atoms with Gasteiger partial charge >= 0.3 is 5.97 Å². The predicted octanol–water partition coefficient (Wildman–Crippen LogP) is 3.39. The van der Waals surface area contributed by atoms with Crippen LogP contribution in [0.1, 0.15) is 29.4 Å². The monoisotopic (exact) mass is 335 g/mol. The molecular formula is C20H17NO4. The molecule has 0 radical (unpaired) electrons. The van der Waals surface area contributed by atoms with Crippen molar-refractivity contribution in [1.29, 1.82) is 0 Å². The van der Waals surface area contributed by atoms with Crippen molar-refractivity contribution >= 4 is 5.97 Å². The summed E-state index contributed by atoms with van der Waals surface area (Å²) in [6, 6.07) is 15.1. The number of pyridine rings is 1. The van der Waals surface area contributed by atoms with Crippen LogP contribution in [0.25, 0.3) is 11.3 Å². The maximum absolute atomic E-state index is 12.7. The van der Waals surface area contributed by atoms with E-state index in [1.165, 1.54) is 0 Å². The van der Waals surface area contributed by atoms with Crippen LogP contribution in [0.4, 0.5) is 0 Å². The molecule has 1 unspecified atom stereocenters. The van der Waals surface area contributed by atoms with E-state index in [1.54, 1.807) is 24.6 Å². The summed E-state index contributed by atoms with van der Waals surface area (Å²) in [4.78, 5) is 24.8. The molecule has 4 rings (SSSR count). The molecule has 0 saturated carbocycles. The molecule has 3 aromatic rings. The second-order valence-electron chi connectivity index (χ2n) is 6.23. The summed E-state index contributed by atoms with van der Waals surface area (Å²) in [5, 5.41) is 0. The van der Waals surface area contributed by atoms with Crippen LogP contribution in [0.3, 0.4) is 0 Å². The number of carbonyl (C=O) groups excluding carboxylic acids is 1. The Balaban J connectivity index is 1.83. The van der Waals surface area contributed by atoms with Crippen LogP contribution >= 0.6 is 0 Å². The molecule has 3 heterocycles. The summed E-state index contributed by atoms with van der Waals surface area (Å²) < 4.78 is 12.8. The molecule has 1 atom stereocenters. The SMILES string of the molecule is Cc1cc2c(c(=O)n1C)C(c1ccc(-c3ccccc3)o1)CC(=O)O2. The minimum Gasteiger partial charge on any atom is -0.460 e. The van der Waals surface area contributed by atoms with Gasteiger partial charge < -0.3 is 13.7 Å². The highest BCUT2D eigenvalue weighted by atomic mass is 16.5. The van der Waals surface area contributed by atoms with Gasteiger partial charge in [-0.3, -0.25) is 9.59 Å². The topological polar surface area (TPSA) is 61.4 Å². The first-order chi connectivity index (χ1) is 12.0. The smallest absolute Gasteiger partial charge is 0.312 e. The number of aryl methyl sites for hydroxylation is 1. The van der Waals surface area contributed by atoms with Crippen molar-refractivity contribution in [2.75, 3.05) is 0 Å². The van der Waals surface area contributed by atoms with Gasteiger partial charge in [0.2, 0.25) is 0 Å². The molecule has 25 heavy (non-hydrogen) atoms. The summed E-state index contributed by atoms with van der Waals surface area (Å²) in [5.74, 6) is 0.841. The van der Waals surface area contributed by atoms with Crippen LogP contribution in [0.5, 0.6) is 5.75 Å². The van der Waals surface area contributed by atoms with E-state index in [1.807, 2.05) is 42.5 Å².